The average Bonchev–Trinajstić information content (AvgIpc) is 2.56. The molecule has 0 bridgehead atoms. The molecule has 140 valence electrons. The number of carbonyl (C=O) groups is 1. The summed E-state index contributed by atoms with van der Waals surface area (Å²) < 4.78 is 27.8. The molecule has 2 aromatic carbocycles. The lowest BCUT2D eigenvalue weighted by Crippen LogP contribution is -2.27. The minimum absolute atomic E-state index is 0.0638. The Morgan fingerprint density at radius 3 is 2.27 bits per heavy atom. The van der Waals surface area contributed by atoms with Crippen LogP contribution in [-0.2, 0) is 10.0 Å². The van der Waals surface area contributed by atoms with Gasteiger partial charge in [-0.3, -0.25) is 9.52 Å². The largest absolute Gasteiger partial charge is 0.352 e. The maximum atomic E-state index is 12.6. The van der Waals surface area contributed by atoms with Gasteiger partial charge in [-0.1, -0.05) is 31.5 Å². The van der Waals surface area contributed by atoms with Crippen LogP contribution in [-0.4, -0.2) is 20.9 Å². The molecule has 0 atom stereocenters. The van der Waals surface area contributed by atoms with Crippen molar-refractivity contribution in [2.24, 2.45) is 5.92 Å². The van der Waals surface area contributed by atoms with Gasteiger partial charge in [0.25, 0.3) is 15.9 Å². The van der Waals surface area contributed by atoms with Crippen LogP contribution in [0.15, 0.2) is 41.3 Å². The number of anilines is 1. The summed E-state index contributed by atoms with van der Waals surface area (Å²) in [5, 5.41) is 3.14. The Balaban J connectivity index is 2.21. The predicted octanol–water partition coefficient (Wildman–Crippen LogP) is 4.14. The van der Waals surface area contributed by atoms with Crippen molar-refractivity contribution in [1.29, 1.82) is 0 Å². The number of hydrogen-bond donors (Lipinski definition) is 2. The molecule has 0 fully saturated rings. The Morgan fingerprint density at radius 2 is 1.73 bits per heavy atom. The second kappa shape index (κ2) is 8.10. The zero-order chi connectivity index (χ0) is 19.5. The normalized spacial score (nSPS) is 11.5. The van der Waals surface area contributed by atoms with Gasteiger partial charge in [0.1, 0.15) is 0 Å². The molecular weight excluding hydrogens is 372 g/mol. The Kier molecular flexibility index (Phi) is 6.31. The van der Waals surface area contributed by atoms with Gasteiger partial charge in [0, 0.05) is 12.1 Å². The lowest BCUT2D eigenvalue weighted by Gasteiger charge is -2.13. The Bertz CT molecular complexity index is 884. The summed E-state index contributed by atoms with van der Waals surface area (Å²) in [5.74, 6) is 0.110. The van der Waals surface area contributed by atoms with Gasteiger partial charge >= 0.3 is 0 Å². The number of carbonyl (C=O) groups excluding carboxylic acids is 1. The molecule has 26 heavy (non-hydrogen) atoms. The maximum absolute atomic E-state index is 12.6. The molecule has 0 aromatic heterocycles. The number of sulfonamides is 1. The van der Waals surface area contributed by atoms with E-state index in [1.807, 2.05) is 26.8 Å². The highest BCUT2D eigenvalue weighted by Gasteiger charge is 2.18. The first-order chi connectivity index (χ1) is 12.1. The van der Waals surface area contributed by atoms with Gasteiger partial charge in [0.05, 0.1) is 15.6 Å². The van der Waals surface area contributed by atoms with E-state index in [1.165, 1.54) is 24.3 Å². The Hall–Kier alpha value is -2.05. The second-order valence-corrected chi connectivity index (χ2v) is 8.76. The van der Waals surface area contributed by atoms with Crippen molar-refractivity contribution in [3.05, 3.63) is 58.1 Å². The van der Waals surface area contributed by atoms with E-state index >= 15 is 0 Å². The fourth-order valence-corrected chi connectivity index (χ4v) is 4.00. The van der Waals surface area contributed by atoms with Gasteiger partial charge in [-0.2, -0.15) is 0 Å². The van der Waals surface area contributed by atoms with Crippen LogP contribution in [0.25, 0.3) is 0 Å². The van der Waals surface area contributed by atoms with Crippen LogP contribution >= 0.6 is 11.6 Å². The van der Waals surface area contributed by atoms with Crippen LogP contribution in [0, 0.1) is 19.8 Å². The van der Waals surface area contributed by atoms with Gasteiger partial charge in [0.2, 0.25) is 0 Å². The van der Waals surface area contributed by atoms with E-state index in [1.54, 1.807) is 13.0 Å². The number of aryl methyl sites for hydroxylation is 2. The summed E-state index contributed by atoms with van der Waals surface area (Å²) in [4.78, 5) is 12.1. The maximum Gasteiger partial charge on any atom is 0.261 e. The average molecular weight is 395 g/mol. The number of rotatable bonds is 6. The monoisotopic (exact) mass is 394 g/mol. The van der Waals surface area contributed by atoms with E-state index in [4.69, 9.17) is 11.6 Å². The smallest absolute Gasteiger partial charge is 0.261 e. The third kappa shape index (κ3) is 4.99. The SMILES string of the molecule is Cc1cc(C)c(NS(=O)(=O)c2ccc(C(=O)NCC(C)C)cc2)c(Cl)c1. The molecular formula is C19H23ClN2O3S. The second-order valence-electron chi connectivity index (χ2n) is 6.67. The summed E-state index contributed by atoms with van der Waals surface area (Å²) in [6.45, 7) is 8.24. The third-order valence-corrected chi connectivity index (χ3v) is 5.43. The molecule has 0 radical (unpaired) electrons. The van der Waals surface area contributed by atoms with E-state index < -0.39 is 10.0 Å². The highest BCUT2D eigenvalue weighted by molar-refractivity contribution is 7.92. The van der Waals surface area contributed by atoms with Crippen LogP contribution in [0.2, 0.25) is 5.02 Å². The van der Waals surface area contributed by atoms with Crippen LogP contribution in [0.1, 0.15) is 35.3 Å². The molecule has 0 unspecified atom stereocenters. The summed E-state index contributed by atoms with van der Waals surface area (Å²) in [6.07, 6.45) is 0. The highest BCUT2D eigenvalue weighted by Crippen LogP contribution is 2.29. The van der Waals surface area contributed by atoms with Gasteiger partial charge in [-0.15, -0.1) is 0 Å². The van der Waals surface area contributed by atoms with E-state index in [9.17, 15) is 13.2 Å². The Morgan fingerprint density at radius 1 is 1.12 bits per heavy atom. The van der Waals surface area contributed by atoms with Crippen molar-refractivity contribution < 1.29 is 13.2 Å². The molecule has 7 heteroatoms. The minimum atomic E-state index is -3.81. The standard InChI is InChI=1S/C19H23ClN2O3S/c1-12(2)11-21-19(23)15-5-7-16(8-6-15)26(24,25)22-18-14(4)9-13(3)10-17(18)20/h5-10,12,22H,11H2,1-4H3,(H,21,23). The van der Waals surface area contributed by atoms with E-state index in [-0.39, 0.29) is 10.8 Å². The predicted molar refractivity (Wildman–Crippen MR) is 105 cm³/mol. The molecule has 2 aromatic rings. The molecule has 0 aliphatic carbocycles. The van der Waals surface area contributed by atoms with Crippen molar-refractivity contribution in [3.8, 4) is 0 Å². The van der Waals surface area contributed by atoms with Gasteiger partial charge in [0.15, 0.2) is 0 Å². The Labute approximate surface area is 159 Å². The molecule has 2 rings (SSSR count). The van der Waals surface area contributed by atoms with Crippen molar-refractivity contribution >= 4 is 33.2 Å². The number of nitrogens with one attached hydrogen (secondary N) is 2. The highest BCUT2D eigenvalue weighted by atomic mass is 35.5. The number of amides is 1. The number of halogens is 1. The quantitative estimate of drug-likeness (QED) is 0.772. The van der Waals surface area contributed by atoms with Crippen molar-refractivity contribution in [3.63, 3.8) is 0 Å². The van der Waals surface area contributed by atoms with Crippen LogP contribution in [0.5, 0.6) is 0 Å². The fraction of sp³-hybridized carbons (Fsp3) is 0.316. The fourth-order valence-electron chi connectivity index (χ4n) is 2.42. The number of benzene rings is 2. The van der Waals surface area contributed by atoms with Crippen molar-refractivity contribution in [2.75, 3.05) is 11.3 Å². The lowest BCUT2D eigenvalue weighted by atomic mass is 10.1. The van der Waals surface area contributed by atoms with Crippen molar-refractivity contribution in [2.45, 2.75) is 32.6 Å². The van der Waals surface area contributed by atoms with Crippen molar-refractivity contribution in [1.82, 2.24) is 5.32 Å². The third-order valence-electron chi connectivity index (χ3n) is 3.77. The van der Waals surface area contributed by atoms with Crippen LogP contribution in [0.4, 0.5) is 5.69 Å². The molecule has 0 spiro atoms. The summed E-state index contributed by atoms with van der Waals surface area (Å²) >= 11 is 6.18. The molecule has 5 nitrogen and oxygen atoms in total. The minimum Gasteiger partial charge on any atom is -0.352 e. The van der Waals surface area contributed by atoms with Crippen LogP contribution < -0.4 is 10.0 Å². The summed E-state index contributed by atoms with van der Waals surface area (Å²) in [7, 11) is -3.81. The topological polar surface area (TPSA) is 75.3 Å². The molecule has 0 saturated heterocycles. The zero-order valence-corrected chi connectivity index (χ0v) is 16.8. The van der Waals surface area contributed by atoms with E-state index in [2.05, 4.69) is 10.0 Å². The molecule has 0 aliphatic rings. The summed E-state index contributed by atoms with van der Waals surface area (Å²) in [6, 6.07) is 9.36. The van der Waals surface area contributed by atoms with Gasteiger partial charge < -0.3 is 5.32 Å². The molecule has 2 N–H and O–H groups in total. The molecule has 0 aliphatic heterocycles. The first-order valence-corrected chi connectivity index (χ1v) is 10.1. The van der Waals surface area contributed by atoms with E-state index in [0.29, 0.717) is 28.7 Å². The zero-order valence-electron chi connectivity index (χ0n) is 15.3. The van der Waals surface area contributed by atoms with Gasteiger partial charge in [-0.05, 0) is 61.2 Å². The van der Waals surface area contributed by atoms with Gasteiger partial charge in [-0.25, -0.2) is 8.42 Å². The van der Waals surface area contributed by atoms with E-state index in [0.717, 1.165) is 11.1 Å². The molecule has 0 saturated carbocycles. The summed E-state index contributed by atoms with van der Waals surface area (Å²) in [5.41, 5.74) is 2.46. The lowest BCUT2D eigenvalue weighted by molar-refractivity contribution is 0.0949. The molecule has 0 heterocycles. The number of hydrogen-bond acceptors (Lipinski definition) is 3. The van der Waals surface area contributed by atoms with Crippen LogP contribution in [0.3, 0.4) is 0 Å². The first kappa shape index (κ1) is 20.3. The first-order valence-electron chi connectivity index (χ1n) is 8.28. The molecule has 1 amide bonds.